The van der Waals surface area contributed by atoms with Gasteiger partial charge in [0.25, 0.3) is 0 Å². The van der Waals surface area contributed by atoms with Crippen LogP contribution in [0.4, 0.5) is 0 Å². The average molecular weight is 288 g/mol. The molecular formula is C12H20N2O4S. The summed E-state index contributed by atoms with van der Waals surface area (Å²) in [5.74, 6) is 1.10. The van der Waals surface area contributed by atoms with Crippen molar-refractivity contribution in [3.8, 4) is 0 Å². The Morgan fingerprint density at radius 1 is 1.53 bits per heavy atom. The normalized spacial score (nSPS) is 27.9. The molecule has 2 rings (SSSR count). The lowest BCUT2D eigenvalue weighted by Crippen LogP contribution is -2.59. The lowest BCUT2D eigenvalue weighted by molar-refractivity contribution is -0.155. The molecule has 6 nitrogen and oxygen atoms in total. The number of amides is 1. The van der Waals surface area contributed by atoms with Crippen LogP contribution in [-0.4, -0.2) is 73.3 Å². The highest BCUT2D eigenvalue weighted by Crippen LogP contribution is 2.19. The number of hydrogen-bond acceptors (Lipinski definition) is 6. The third kappa shape index (κ3) is 3.61. The van der Waals surface area contributed by atoms with Crippen LogP contribution in [0.15, 0.2) is 0 Å². The van der Waals surface area contributed by atoms with E-state index in [2.05, 4.69) is 5.32 Å². The van der Waals surface area contributed by atoms with Gasteiger partial charge in [0.1, 0.15) is 12.1 Å². The third-order valence-corrected chi connectivity index (χ3v) is 4.21. The molecule has 0 aliphatic carbocycles. The second kappa shape index (κ2) is 7.12. The Morgan fingerprint density at radius 2 is 2.37 bits per heavy atom. The van der Waals surface area contributed by atoms with Crippen molar-refractivity contribution in [1.29, 1.82) is 0 Å². The zero-order valence-corrected chi connectivity index (χ0v) is 11.9. The molecule has 0 aromatic rings. The van der Waals surface area contributed by atoms with Crippen LogP contribution in [0.3, 0.4) is 0 Å². The summed E-state index contributed by atoms with van der Waals surface area (Å²) >= 11 is 1.68. The smallest absolute Gasteiger partial charge is 0.329 e. The fraction of sp³-hybridized carbons (Fsp3) is 0.833. The van der Waals surface area contributed by atoms with Crippen molar-refractivity contribution in [2.45, 2.75) is 19.0 Å². The maximum absolute atomic E-state index is 12.4. The largest absolute Gasteiger partial charge is 0.464 e. The Morgan fingerprint density at radius 3 is 3.05 bits per heavy atom. The fourth-order valence-corrected chi connectivity index (χ4v) is 3.26. The van der Waals surface area contributed by atoms with Gasteiger partial charge in [-0.15, -0.1) is 0 Å². The van der Waals surface area contributed by atoms with E-state index in [1.54, 1.807) is 23.6 Å². The van der Waals surface area contributed by atoms with E-state index < -0.39 is 6.04 Å². The van der Waals surface area contributed by atoms with Crippen molar-refractivity contribution in [1.82, 2.24) is 10.2 Å². The molecule has 0 aromatic carbocycles. The van der Waals surface area contributed by atoms with Gasteiger partial charge in [0.2, 0.25) is 5.91 Å². The Labute approximate surface area is 117 Å². The maximum atomic E-state index is 12.4. The van der Waals surface area contributed by atoms with E-state index in [9.17, 15) is 9.59 Å². The van der Waals surface area contributed by atoms with Crippen LogP contribution in [0.25, 0.3) is 0 Å². The van der Waals surface area contributed by atoms with Gasteiger partial charge in [0.15, 0.2) is 0 Å². The molecule has 2 saturated heterocycles. The Bertz CT molecular complexity index is 334. The molecule has 0 bridgehead atoms. The minimum Gasteiger partial charge on any atom is -0.464 e. The summed E-state index contributed by atoms with van der Waals surface area (Å²) < 4.78 is 10.4. The average Bonchev–Trinajstić information content (AvgIpc) is 2.47. The molecule has 1 N–H and O–H groups in total. The van der Waals surface area contributed by atoms with Gasteiger partial charge in [-0.3, -0.25) is 4.79 Å². The monoisotopic (exact) mass is 288 g/mol. The molecule has 2 heterocycles. The topological polar surface area (TPSA) is 67.9 Å². The second-order valence-electron chi connectivity index (χ2n) is 4.46. The summed E-state index contributed by atoms with van der Waals surface area (Å²) in [7, 11) is 0. The van der Waals surface area contributed by atoms with Crippen molar-refractivity contribution in [2.75, 3.05) is 44.4 Å². The zero-order chi connectivity index (χ0) is 13.7. The van der Waals surface area contributed by atoms with Crippen LogP contribution in [-0.2, 0) is 19.1 Å². The highest BCUT2D eigenvalue weighted by atomic mass is 32.2. The van der Waals surface area contributed by atoms with Crippen molar-refractivity contribution >= 4 is 23.6 Å². The van der Waals surface area contributed by atoms with E-state index in [0.29, 0.717) is 38.7 Å². The van der Waals surface area contributed by atoms with Crippen molar-refractivity contribution in [3.63, 3.8) is 0 Å². The van der Waals surface area contributed by atoms with Gasteiger partial charge < -0.3 is 19.7 Å². The number of carbonyl (C=O) groups excluding carboxylic acids is 2. The molecule has 0 aromatic heterocycles. The number of nitrogens with one attached hydrogen (secondary N) is 1. The molecule has 0 spiro atoms. The predicted molar refractivity (Wildman–Crippen MR) is 72.1 cm³/mol. The van der Waals surface area contributed by atoms with Gasteiger partial charge in [0.05, 0.1) is 19.8 Å². The van der Waals surface area contributed by atoms with E-state index in [-0.39, 0.29) is 17.9 Å². The first-order chi connectivity index (χ1) is 9.24. The van der Waals surface area contributed by atoms with Crippen LogP contribution >= 0.6 is 11.8 Å². The highest BCUT2D eigenvalue weighted by molar-refractivity contribution is 7.99. The van der Waals surface area contributed by atoms with Crippen molar-refractivity contribution in [3.05, 3.63) is 0 Å². The summed E-state index contributed by atoms with van der Waals surface area (Å²) in [6, 6.07) is -0.802. The van der Waals surface area contributed by atoms with Crippen LogP contribution < -0.4 is 5.32 Å². The van der Waals surface area contributed by atoms with E-state index in [1.807, 2.05) is 0 Å². The van der Waals surface area contributed by atoms with Crippen LogP contribution in [0.5, 0.6) is 0 Å². The number of esters is 1. The van der Waals surface area contributed by atoms with E-state index >= 15 is 0 Å². The number of hydrogen-bond donors (Lipinski definition) is 1. The summed E-state index contributed by atoms with van der Waals surface area (Å²) in [5.41, 5.74) is 0. The number of ether oxygens (including phenoxy) is 2. The van der Waals surface area contributed by atoms with E-state index in [1.165, 1.54) is 0 Å². The standard InChI is InChI=1S/C12H20N2O4S/c1-2-18-12(16)10-8-19-6-4-14(10)11(15)9-7-17-5-3-13-9/h9-10,13H,2-8H2,1H3. The SMILES string of the molecule is CCOC(=O)C1CSCCN1C(=O)C1COCCN1. The van der Waals surface area contributed by atoms with Gasteiger partial charge in [-0.1, -0.05) is 0 Å². The van der Waals surface area contributed by atoms with E-state index in [4.69, 9.17) is 9.47 Å². The molecular weight excluding hydrogens is 268 g/mol. The molecule has 0 saturated carbocycles. The molecule has 2 aliphatic rings. The van der Waals surface area contributed by atoms with Crippen LogP contribution in [0.1, 0.15) is 6.92 Å². The van der Waals surface area contributed by atoms with Crippen molar-refractivity contribution in [2.24, 2.45) is 0 Å². The first-order valence-corrected chi connectivity index (χ1v) is 7.75. The summed E-state index contributed by atoms with van der Waals surface area (Å²) in [6.45, 7) is 4.37. The molecule has 2 atom stereocenters. The quantitative estimate of drug-likeness (QED) is 0.705. The number of thioether (sulfide) groups is 1. The van der Waals surface area contributed by atoms with Crippen LogP contribution in [0.2, 0.25) is 0 Å². The minimum atomic E-state index is -0.463. The molecule has 2 fully saturated rings. The highest BCUT2D eigenvalue weighted by Gasteiger charge is 2.37. The number of rotatable bonds is 3. The first kappa shape index (κ1) is 14.6. The zero-order valence-electron chi connectivity index (χ0n) is 11.1. The third-order valence-electron chi connectivity index (χ3n) is 3.19. The molecule has 2 unspecified atom stereocenters. The Kier molecular flexibility index (Phi) is 5.47. The molecule has 108 valence electrons. The first-order valence-electron chi connectivity index (χ1n) is 6.60. The van der Waals surface area contributed by atoms with Gasteiger partial charge in [-0.25, -0.2) is 4.79 Å². The molecule has 2 aliphatic heterocycles. The maximum Gasteiger partial charge on any atom is 0.329 e. The number of morpholine rings is 1. The molecule has 1 amide bonds. The molecule has 7 heteroatoms. The Balaban J connectivity index is 2.01. The summed E-state index contributed by atoms with van der Waals surface area (Å²) in [5, 5.41) is 3.13. The van der Waals surface area contributed by atoms with Gasteiger partial charge in [-0.2, -0.15) is 11.8 Å². The van der Waals surface area contributed by atoms with Gasteiger partial charge in [0, 0.05) is 24.6 Å². The van der Waals surface area contributed by atoms with Gasteiger partial charge in [-0.05, 0) is 6.92 Å². The van der Waals surface area contributed by atoms with Gasteiger partial charge >= 0.3 is 5.97 Å². The van der Waals surface area contributed by atoms with E-state index in [0.717, 1.165) is 5.75 Å². The lowest BCUT2D eigenvalue weighted by atomic mass is 10.2. The molecule has 0 radical (unpaired) electrons. The lowest BCUT2D eigenvalue weighted by Gasteiger charge is -2.36. The fourth-order valence-electron chi connectivity index (χ4n) is 2.23. The minimum absolute atomic E-state index is 0.0574. The second-order valence-corrected chi connectivity index (χ2v) is 5.61. The number of nitrogens with zero attached hydrogens (tertiary/aromatic N) is 1. The number of carbonyl (C=O) groups is 2. The Hall–Kier alpha value is -0.790. The predicted octanol–water partition coefficient (Wildman–Crippen LogP) is -0.518. The molecule has 19 heavy (non-hydrogen) atoms. The summed E-state index contributed by atoms with van der Waals surface area (Å²) in [6.07, 6.45) is 0. The van der Waals surface area contributed by atoms with Crippen molar-refractivity contribution < 1.29 is 19.1 Å². The summed E-state index contributed by atoms with van der Waals surface area (Å²) in [4.78, 5) is 26.0. The van der Waals surface area contributed by atoms with Crippen LogP contribution in [0, 0.1) is 0 Å².